The van der Waals surface area contributed by atoms with E-state index in [-0.39, 0.29) is 5.56 Å². The van der Waals surface area contributed by atoms with Gasteiger partial charge in [-0.3, -0.25) is 14.0 Å². The molecule has 0 fully saturated rings. The highest BCUT2D eigenvalue weighted by atomic mass is 32.1. The van der Waals surface area contributed by atoms with Crippen molar-refractivity contribution in [2.75, 3.05) is 0 Å². The molecule has 0 amide bonds. The lowest BCUT2D eigenvalue weighted by Gasteiger charge is -2.07. The fourth-order valence-electron chi connectivity index (χ4n) is 2.47. The van der Waals surface area contributed by atoms with Gasteiger partial charge in [-0.2, -0.15) is 5.10 Å². The average molecular weight is 300 g/mol. The van der Waals surface area contributed by atoms with Crippen LogP contribution in [0.15, 0.2) is 29.1 Å². The van der Waals surface area contributed by atoms with Crippen LogP contribution in [0.5, 0.6) is 0 Å². The van der Waals surface area contributed by atoms with Gasteiger partial charge in [0.15, 0.2) is 10.3 Å². The summed E-state index contributed by atoms with van der Waals surface area (Å²) in [5, 5.41) is 4.38. The first kappa shape index (κ1) is 13.8. The number of aromatic amines is 1. The average Bonchev–Trinajstić information content (AvgIpc) is 2.78. The van der Waals surface area contributed by atoms with Crippen molar-refractivity contribution >= 4 is 23.3 Å². The van der Waals surface area contributed by atoms with Crippen LogP contribution in [0.3, 0.4) is 0 Å². The fourth-order valence-corrected chi connectivity index (χ4v) is 2.76. The largest absolute Gasteiger partial charge is 0.328 e. The lowest BCUT2D eigenvalue weighted by molar-refractivity contribution is 0.671. The molecule has 0 aliphatic rings. The predicted octanol–water partition coefficient (Wildman–Crippen LogP) is 2.88. The van der Waals surface area contributed by atoms with E-state index in [0.29, 0.717) is 16.8 Å². The molecule has 0 atom stereocenters. The zero-order valence-corrected chi connectivity index (χ0v) is 13.0. The molecule has 0 aliphatic heterocycles. The number of benzene rings is 1. The summed E-state index contributed by atoms with van der Waals surface area (Å²) in [5.41, 5.74) is 3.82. The Kier molecular flexibility index (Phi) is 3.25. The molecule has 3 aromatic rings. The summed E-state index contributed by atoms with van der Waals surface area (Å²) in [4.78, 5) is 16.0. The van der Waals surface area contributed by atoms with E-state index in [1.54, 1.807) is 4.68 Å². The number of hydrogen-bond acceptors (Lipinski definition) is 3. The number of aromatic nitrogens is 4. The number of fused-ring (bicyclic) bond motifs is 1. The highest BCUT2D eigenvalue weighted by Crippen LogP contribution is 2.14. The molecule has 2 heterocycles. The van der Waals surface area contributed by atoms with Crippen molar-refractivity contribution in [3.8, 4) is 5.69 Å². The second-order valence-electron chi connectivity index (χ2n) is 5.03. The molecule has 5 nitrogen and oxygen atoms in total. The number of rotatable bonds is 2. The van der Waals surface area contributed by atoms with E-state index >= 15 is 0 Å². The molecule has 0 aliphatic carbocycles. The molecule has 0 saturated carbocycles. The topological polar surface area (TPSA) is 55.6 Å². The summed E-state index contributed by atoms with van der Waals surface area (Å²) >= 11 is 5.36. The van der Waals surface area contributed by atoms with Crippen LogP contribution in [0.1, 0.15) is 18.2 Å². The van der Waals surface area contributed by atoms with Crippen molar-refractivity contribution < 1.29 is 0 Å². The number of nitrogens with zero attached hydrogens (tertiary/aromatic N) is 3. The molecular formula is C15H16N4OS. The first-order chi connectivity index (χ1) is 10.0. The first-order valence-electron chi connectivity index (χ1n) is 6.82. The van der Waals surface area contributed by atoms with Gasteiger partial charge in [0.2, 0.25) is 0 Å². The Morgan fingerprint density at radius 3 is 2.52 bits per heavy atom. The Bertz CT molecular complexity index is 931. The molecular weight excluding hydrogens is 284 g/mol. The minimum Gasteiger partial charge on any atom is -0.328 e. The smallest absolute Gasteiger partial charge is 0.285 e. The molecule has 1 N–H and O–H groups in total. The summed E-state index contributed by atoms with van der Waals surface area (Å²) < 4.78 is 3.61. The molecule has 0 spiro atoms. The van der Waals surface area contributed by atoms with Gasteiger partial charge in [-0.05, 0) is 45.1 Å². The van der Waals surface area contributed by atoms with E-state index in [0.717, 1.165) is 22.5 Å². The van der Waals surface area contributed by atoms with Crippen molar-refractivity contribution in [2.45, 2.75) is 27.3 Å². The molecule has 0 radical (unpaired) electrons. The number of H-pyrrole nitrogens is 1. The Morgan fingerprint density at radius 1 is 1.24 bits per heavy atom. The minimum absolute atomic E-state index is 0.139. The van der Waals surface area contributed by atoms with Gasteiger partial charge in [0.1, 0.15) is 0 Å². The Morgan fingerprint density at radius 2 is 1.90 bits per heavy atom. The maximum atomic E-state index is 12.8. The van der Waals surface area contributed by atoms with E-state index in [4.69, 9.17) is 12.2 Å². The lowest BCUT2D eigenvalue weighted by Crippen LogP contribution is -2.22. The third-order valence-corrected chi connectivity index (χ3v) is 3.84. The van der Waals surface area contributed by atoms with E-state index in [1.807, 2.05) is 45.0 Å². The van der Waals surface area contributed by atoms with Crippen LogP contribution < -0.4 is 5.56 Å². The lowest BCUT2D eigenvalue weighted by atomic mass is 10.2. The quantitative estimate of drug-likeness (QED) is 0.740. The van der Waals surface area contributed by atoms with Crippen LogP contribution in [0.4, 0.5) is 0 Å². The molecule has 0 saturated heterocycles. The molecule has 1 aromatic carbocycles. The van der Waals surface area contributed by atoms with Gasteiger partial charge >= 0.3 is 0 Å². The standard InChI is InChI=1S/C15H16N4OS/c1-4-18-13-12(10(3)17-18)16-15(21)19(14(13)20)11-7-5-9(2)6-8-11/h5-8H,4H2,1-3H3,(H,16,21). The normalized spacial score (nSPS) is 11.2. The van der Waals surface area contributed by atoms with Crippen molar-refractivity contribution in [3.63, 3.8) is 0 Å². The molecule has 2 aromatic heterocycles. The van der Waals surface area contributed by atoms with Crippen LogP contribution in [-0.4, -0.2) is 19.3 Å². The van der Waals surface area contributed by atoms with E-state index < -0.39 is 0 Å². The molecule has 0 bridgehead atoms. The second-order valence-corrected chi connectivity index (χ2v) is 5.42. The summed E-state index contributed by atoms with van der Waals surface area (Å²) in [6.45, 7) is 6.47. The van der Waals surface area contributed by atoms with Crippen molar-refractivity contribution in [1.29, 1.82) is 0 Å². The molecule has 0 unspecified atom stereocenters. The zero-order chi connectivity index (χ0) is 15.1. The highest BCUT2D eigenvalue weighted by molar-refractivity contribution is 7.71. The van der Waals surface area contributed by atoms with Gasteiger partial charge in [0, 0.05) is 6.54 Å². The molecule has 108 valence electrons. The maximum absolute atomic E-state index is 12.8. The van der Waals surface area contributed by atoms with Crippen molar-refractivity contribution in [2.24, 2.45) is 0 Å². The zero-order valence-electron chi connectivity index (χ0n) is 12.2. The second kappa shape index (κ2) is 4.96. The van der Waals surface area contributed by atoms with Crippen LogP contribution in [0.2, 0.25) is 0 Å². The van der Waals surface area contributed by atoms with E-state index in [2.05, 4.69) is 10.1 Å². The molecule has 6 heteroatoms. The summed E-state index contributed by atoms with van der Waals surface area (Å²) in [7, 11) is 0. The van der Waals surface area contributed by atoms with Gasteiger partial charge in [0.05, 0.1) is 16.9 Å². The van der Waals surface area contributed by atoms with Gasteiger partial charge in [-0.25, -0.2) is 0 Å². The van der Waals surface area contributed by atoms with Gasteiger partial charge in [-0.1, -0.05) is 17.7 Å². The van der Waals surface area contributed by atoms with Crippen molar-refractivity contribution in [1.82, 2.24) is 19.3 Å². The summed E-state index contributed by atoms with van der Waals surface area (Å²) in [6.07, 6.45) is 0. The van der Waals surface area contributed by atoms with Gasteiger partial charge in [0.25, 0.3) is 5.56 Å². The molecule has 3 rings (SSSR count). The SMILES string of the molecule is CCn1nc(C)c2[nH]c(=S)n(-c3ccc(C)cc3)c(=O)c21. The van der Waals surface area contributed by atoms with Gasteiger partial charge < -0.3 is 4.98 Å². The Labute approximate surface area is 126 Å². The number of nitrogens with one attached hydrogen (secondary N) is 1. The van der Waals surface area contributed by atoms with Gasteiger partial charge in [-0.15, -0.1) is 0 Å². The van der Waals surface area contributed by atoms with Crippen molar-refractivity contribution in [3.05, 3.63) is 50.6 Å². The Balaban J connectivity index is 2.41. The summed E-state index contributed by atoms with van der Waals surface area (Å²) in [5.74, 6) is 0. The number of hydrogen-bond donors (Lipinski definition) is 1. The third kappa shape index (κ3) is 2.12. The van der Waals surface area contributed by atoms with Crippen LogP contribution in [-0.2, 0) is 6.54 Å². The van der Waals surface area contributed by atoms with Crippen LogP contribution in [0.25, 0.3) is 16.7 Å². The monoisotopic (exact) mass is 300 g/mol. The van der Waals surface area contributed by atoms with E-state index in [9.17, 15) is 4.79 Å². The fraction of sp³-hybridized carbons (Fsp3) is 0.267. The van der Waals surface area contributed by atoms with Crippen LogP contribution in [0, 0.1) is 18.6 Å². The Hall–Kier alpha value is -2.21. The van der Waals surface area contributed by atoms with Crippen LogP contribution >= 0.6 is 12.2 Å². The highest BCUT2D eigenvalue weighted by Gasteiger charge is 2.14. The summed E-state index contributed by atoms with van der Waals surface area (Å²) in [6, 6.07) is 7.71. The number of aryl methyl sites for hydroxylation is 3. The maximum Gasteiger partial charge on any atom is 0.285 e. The first-order valence-corrected chi connectivity index (χ1v) is 7.23. The predicted molar refractivity (Wildman–Crippen MR) is 85.7 cm³/mol. The molecule has 21 heavy (non-hydrogen) atoms. The van der Waals surface area contributed by atoms with E-state index in [1.165, 1.54) is 4.57 Å². The minimum atomic E-state index is -0.139. The third-order valence-electron chi connectivity index (χ3n) is 3.56.